The fourth-order valence-corrected chi connectivity index (χ4v) is 2.54. The van der Waals surface area contributed by atoms with E-state index in [0.717, 1.165) is 26.5 Å². The van der Waals surface area contributed by atoms with Crippen molar-refractivity contribution in [2.24, 2.45) is 0 Å². The number of carbonyl (C=O) groups is 2. The Morgan fingerprint density at radius 1 is 1.15 bits per heavy atom. The second kappa shape index (κ2) is 6.11. The van der Waals surface area contributed by atoms with Gasteiger partial charge in [-0.3, -0.25) is 10.1 Å². The first kappa shape index (κ1) is 16.9. The molecule has 0 bridgehead atoms. The minimum atomic E-state index is -0.558. The SMILES string of the molecule is Cc1c(I)c(C)c(NC(=O)OC(C)(C)C)c(C)c1C=O. The Bertz CT molecular complexity index is 559. The highest BCUT2D eigenvalue weighted by Crippen LogP contribution is 2.31. The Kier molecular flexibility index (Phi) is 5.18. The molecule has 0 heterocycles. The average Bonchev–Trinajstić information content (AvgIpc) is 2.31. The molecular weight excluding hydrogens is 369 g/mol. The van der Waals surface area contributed by atoms with Gasteiger partial charge in [0.2, 0.25) is 0 Å². The second-order valence-corrected chi connectivity index (χ2v) is 6.80. The van der Waals surface area contributed by atoms with Crippen LogP contribution in [0, 0.1) is 24.3 Å². The maximum atomic E-state index is 11.9. The van der Waals surface area contributed by atoms with Gasteiger partial charge < -0.3 is 4.74 Å². The highest BCUT2D eigenvalue weighted by Gasteiger charge is 2.20. The van der Waals surface area contributed by atoms with Gasteiger partial charge in [-0.15, -0.1) is 0 Å². The van der Waals surface area contributed by atoms with Crippen LogP contribution in [0.3, 0.4) is 0 Å². The van der Waals surface area contributed by atoms with Gasteiger partial charge >= 0.3 is 6.09 Å². The lowest BCUT2D eigenvalue weighted by Gasteiger charge is -2.22. The van der Waals surface area contributed by atoms with E-state index >= 15 is 0 Å². The van der Waals surface area contributed by atoms with Gasteiger partial charge in [0.15, 0.2) is 6.29 Å². The third kappa shape index (κ3) is 3.71. The summed E-state index contributed by atoms with van der Waals surface area (Å²) in [6, 6.07) is 0. The molecule has 0 atom stereocenters. The average molecular weight is 389 g/mol. The zero-order valence-corrected chi connectivity index (χ0v) is 14.8. The van der Waals surface area contributed by atoms with Gasteiger partial charge in [-0.2, -0.15) is 0 Å². The molecule has 0 unspecified atom stereocenters. The molecule has 1 rings (SSSR count). The van der Waals surface area contributed by atoms with Crippen LogP contribution in [0.5, 0.6) is 0 Å². The maximum absolute atomic E-state index is 11.9. The van der Waals surface area contributed by atoms with Crippen LogP contribution in [0.25, 0.3) is 0 Å². The molecule has 0 aromatic heterocycles. The van der Waals surface area contributed by atoms with Crippen molar-refractivity contribution in [2.45, 2.75) is 47.1 Å². The van der Waals surface area contributed by atoms with Gasteiger partial charge in [-0.25, -0.2) is 4.79 Å². The summed E-state index contributed by atoms with van der Waals surface area (Å²) in [7, 11) is 0. The summed E-state index contributed by atoms with van der Waals surface area (Å²) >= 11 is 2.18. The lowest BCUT2D eigenvalue weighted by molar-refractivity contribution is 0.0635. The lowest BCUT2D eigenvalue weighted by Crippen LogP contribution is -2.28. The highest BCUT2D eigenvalue weighted by atomic mass is 127. The number of ether oxygens (including phenoxy) is 1. The Morgan fingerprint density at radius 2 is 1.70 bits per heavy atom. The van der Waals surface area contributed by atoms with Crippen molar-refractivity contribution in [2.75, 3.05) is 5.32 Å². The van der Waals surface area contributed by atoms with Gasteiger partial charge in [-0.05, 0) is 80.8 Å². The quantitative estimate of drug-likeness (QED) is 0.604. The Hall–Kier alpha value is -1.11. The molecule has 0 aliphatic heterocycles. The van der Waals surface area contributed by atoms with Crippen molar-refractivity contribution < 1.29 is 14.3 Å². The summed E-state index contributed by atoms with van der Waals surface area (Å²) in [5, 5.41) is 2.75. The van der Waals surface area contributed by atoms with E-state index in [4.69, 9.17) is 4.74 Å². The Balaban J connectivity index is 3.23. The number of amides is 1. The van der Waals surface area contributed by atoms with E-state index in [2.05, 4.69) is 27.9 Å². The molecule has 1 aromatic carbocycles. The molecule has 5 heteroatoms. The largest absolute Gasteiger partial charge is 0.444 e. The first-order chi connectivity index (χ1) is 9.08. The lowest BCUT2D eigenvalue weighted by atomic mass is 9.98. The topological polar surface area (TPSA) is 55.4 Å². The van der Waals surface area contributed by atoms with Crippen LogP contribution >= 0.6 is 22.6 Å². The Labute approximate surface area is 133 Å². The number of hydrogen-bond acceptors (Lipinski definition) is 3. The molecule has 0 aliphatic rings. The van der Waals surface area contributed by atoms with Crippen LogP contribution < -0.4 is 5.32 Å². The van der Waals surface area contributed by atoms with Crippen LogP contribution in [-0.2, 0) is 4.74 Å². The standard InChI is InChI=1S/C15H20INO3/c1-8-11(7-18)9(2)13(10(3)12(8)16)17-14(19)20-15(4,5)6/h7H,1-6H3,(H,17,19). The van der Waals surface area contributed by atoms with E-state index < -0.39 is 11.7 Å². The number of carbonyl (C=O) groups excluding carboxylic acids is 2. The molecular formula is C15H20INO3. The van der Waals surface area contributed by atoms with Crippen LogP contribution in [-0.4, -0.2) is 18.0 Å². The highest BCUT2D eigenvalue weighted by molar-refractivity contribution is 14.1. The summed E-state index contributed by atoms with van der Waals surface area (Å²) in [6.07, 6.45) is 0.312. The third-order valence-corrected chi connectivity index (χ3v) is 4.58. The molecule has 1 aromatic rings. The van der Waals surface area contributed by atoms with Gasteiger partial charge in [0.05, 0.1) is 5.69 Å². The second-order valence-electron chi connectivity index (χ2n) is 5.72. The molecule has 0 aliphatic carbocycles. The smallest absolute Gasteiger partial charge is 0.412 e. The summed E-state index contributed by atoms with van der Waals surface area (Å²) in [5.74, 6) is 0. The van der Waals surface area contributed by atoms with Crippen molar-refractivity contribution in [3.8, 4) is 0 Å². The van der Waals surface area contributed by atoms with Gasteiger partial charge in [0.1, 0.15) is 5.60 Å². The summed E-state index contributed by atoms with van der Waals surface area (Å²) in [5.41, 5.74) is 3.35. The summed E-state index contributed by atoms with van der Waals surface area (Å²) in [6.45, 7) is 11.1. The number of nitrogens with one attached hydrogen (secondary N) is 1. The maximum Gasteiger partial charge on any atom is 0.412 e. The monoisotopic (exact) mass is 389 g/mol. The summed E-state index contributed by atoms with van der Waals surface area (Å²) < 4.78 is 6.23. The minimum absolute atomic E-state index is 0.514. The van der Waals surface area contributed by atoms with E-state index in [1.54, 1.807) is 0 Å². The molecule has 110 valence electrons. The van der Waals surface area contributed by atoms with E-state index in [1.165, 1.54) is 0 Å². The molecule has 0 spiro atoms. The number of benzene rings is 1. The molecule has 1 amide bonds. The molecule has 0 saturated heterocycles. The molecule has 0 radical (unpaired) electrons. The zero-order valence-electron chi connectivity index (χ0n) is 12.7. The molecule has 1 N–H and O–H groups in total. The third-order valence-electron chi connectivity index (χ3n) is 2.96. The van der Waals surface area contributed by atoms with E-state index in [1.807, 2.05) is 41.5 Å². The van der Waals surface area contributed by atoms with E-state index in [9.17, 15) is 9.59 Å². The number of aldehydes is 1. The number of hydrogen-bond donors (Lipinski definition) is 1. The van der Waals surface area contributed by atoms with Gasteiger partial charge in [0, 0.05) is 9.13 Å². The van der Waals surface area contributed by atoms with Crippen molar-refractivity contribution in [1.29, 1.82) is 0 Å². The zero-order chi connectivity index (χ0) is 15.7. The molecule has 0 fully saturated rings. The van der Waals surface area contributed by atoms with Crippen LogP contribution in [0.2, 0.25) is 0 Å². The van der Waals surface area contributed by atoms with Gasteiger partial charge in [0.25, 0.3) is 0 Å². The number of halogens is 1. The molecule has 20 heavy (non-hydrogen) atoms. The number of rotatable bonds is 2. The first-order valence-corrected chi connectivity index (χ1v) is 7.40. The van der Waals surface area contributed by atoms with Crippen molar-refractivity contribution >= 4 is 40.7 Å². The van der Waals surface area contributed by atoms with Crippen molar-refractivity contribution in [3.63, 3.8) is 0 Å². The predicted octanol–water partition coefficient (Wildman–Crippen LogP) is 4.38. The van der Waals surface area contributed by atoms with E-state index in [-0.39, 0.29) is 0 Å². The van der Waals surface area contributed by atoms with E-state index in [0.29, 0.717) is 11.3 Å². The van der Waals surface area contributed by atoms with Crippen LogP contribution in [0.4, 0.5) is 10.5 Å². The predicted molar refractivity (Wildman–Crippen MR) is 88.6 cm³/mol. The first-order valence-electron chi connectivity index (χ1n) is 6.33. The van der Waals surface area contributed by atoms with Crippen molar-refractivity contribution in [1.82, 2.24) is 0 Å². The normalized spacial score (nSPS) is 11.2. The molecule has 0 saturated carbocycles. The Morgan fingerprint density at radius 3 is 2.15 bits per heavy atom. The fraction of sp³-hybridized carbons (Fsp3) is 0.467. The fourth-order valence-electron chi connectivity index (χ4n) is 1.98. The van der Waals surface area contributed by atoms with Crippen LogP contribution in [0.15, 0.2) is 0 Å². The number of anilines is 1. The minimum Gasteiger partial charge on any atom is -0.444 e. The van der Waals surface area contributed by atoms with Crippen LogP contribution in [0.1, 0.15) is 47.8 Å². The van der Waals surface area contributed by atoms with Gasteiger partial charge in [-0.1, -0.05) is 0 Å². The molecule has 4 nitrogen and oxygen atoms in total. The van der Waals surface area contributed by atoms with Crippen molar-refractivity contribution in [3.05, 3.63) is 25.8 Å². The summed E-state index contributed by atoms with van der Waals surface area (Å²) in [4.78, 5) is 23.1.